The number of carbonyl (C=O) groups excluding carboxylic acids is 3. The van der Waals surface area contributed by atoms with E-state index in [1.807, 2.05) is 0 Å². The Morgan fingerprint density at radius 2 is 1.70 bits per heavy atom. The second kappa shape index (κ2) is 5.95. The molecule has 1 saturated heterocycles. The minimum Gasteiger partial charge on any atom is -0.461 e. The number of hydrogen-bond acceptors (Lipinski definition) is 4. The van der Waals surface area contributed by atoms with Crippen molar-refractivity contribution in [1.82, 2.24) is 4.90 Å². The summed E-state index contributed by atoms with van der Waals surface area (Å²) < 4.78 is 5.50. The van der Waals surface area contributed by atoms with Gasteiger partial charge >= 0.3 is 5.97 Å². The first-order chi connectivity index (χ1) is 10.9. The van der Waals surface area contributed by atoms with E-state index >= 15 is 0 Å². The number of amides is 2. The van der Waals surface area contributed by atoms with E-state index in [9.17, 15) is 14.4 Å². The third-order valence-electron chi connectivity index (χ3n) is 5.52. The lowest BCUT2D eigenvalue weighted by Gasteiger charge is -2.33. The Balaban J connectivity index is 1.68. The number of nitrogens with zero attached hydrogens (tertiary/aromatic N) is 1. The van der Waals surface area contributed by atoms with Gasteiger partial charge in [-0.2, -0.15) is 0 Å². The van der Waals surface area contributed by atoms with Crippen LogP contribution >= 0.6 is 0 Å². The van der Waals surface area contributed by atoms with Crippen molar-refractivity contribution in [2.24, 2.45) is 17.8 Å². The van der Waals surface area contributed by atoms with E-state index in [-0.39, 0.29) is 41.6 Å². The maximum atomic E-state index is 12.1. The number of imide groups is 1. The fourth-order valence-electron chi connectivity index (χ4n) is 3.91. The summed E-state index contributed by atoms with van der Waals surface area (Å²) in [6.07, 6.45) is 6.30. The zero-order valence-electron chi connectivity index (χ0n) is 13.9. The van der Waals surface area contributed by atoms with Crippen molar-refractivity contribution in [3.05, 3.63) is 23.3 Å². The standard InChI is InChI=1S/C18H23NO4/c1-4-12-5-6-13(14-9-15(20)23-16(12)14)7-8-19-17(21)10(2)11(3)18(19)22/h5-6,12-14,16H,4,7-9H2,1-3H3/t12-,13+,14+,16-/m1/s1. The van der Waals surface area contributed by atoms with Crippen LogP contribution in [-0.2, 0) is 19.1 Å². The number of allylic oxidation sites excluding steroid dienone is 1. The van der Waals surface area contributed by atoms with Crippen LogP contribution in [0.1, 0.15) is 40.0 Å². The number of hydrogen-bond donors (Lipinski definition) is 0. The van der Waals surface area contributed by atoms with Crippen LogP contribution in [0.4, 0.5) is 0 Å². The number of ether oxygens (including phenoxy) is 1. The molecule has 2 aliphatic heterocycles. The summed E-state index contributed by atoms with van der Waals surface area (Å²) in [6, 6.07) is 0. The Kier molecular flexibility index (Phi) is 4.13. The molecule has 3 aliphatic rings. The van der Waals surface area contributed by atoms with Gasteiger partial charge in [0.2, 0.25) is 0 Å². The molecule has 0 aromatic rings. The van der Waals surface area contributed by atoms with Crippen LogP contribution in [0.15, 0.2) is 23.3 Å². The van der Waals surface area contributed by atoms with Crippen LogP contribution in [0.2, 0.25) is 0 Å². The molecule has 5 heteroatoms. The Labute approximate surface area is 136 Å². The van der Waals surface area contributed by atoms with Gasteiger partial charge in [-0.05, 0) is 32.6 Å². The van der Waals surface area contributed by atoms with Crippen molar-refractivity contribution in [2.45, 2.75) is 46.1 Å². The zero-order valence-corrected chi connectivity index (χ0v) is 13.9. The van der Waals surface area contributed by atoms with Gasteiger partial charge < -0.3 is 4.74 Å². The van der Waals surface area contributed by atoms with Crippen LogP contribution in [0.3, 0.4) is 0 Å². The molecule has 0 bridgehead atoms. The molecule has 0 saturated carbocycles. The summed E-state index contributed by atoms with van der Waals surface area (Å²) in [5.74, 6) is 0.122. The second-order valence-electron chi connectivity index (χ2n) is 6.74. The van der Waals surface area contributed by atoms with Gasteiger partial charge in [-0.3, -0.25) is 19.3 Å². The summed E-state index contributed by atoms with van der Waals surface area (Å²) in [6.45, 7) is 5.88. The molecule has 0 radical (unpaired) electrons. The SMILES string of the molecule is CC[C@@H]1C=C[C@@H](CCN2C(=O)C(C)=C(C)C2=O)[C@@H]2CC(=O)O[C@@H]21. The number of rotatable bonds is 4. The first kappa shape index (κ1) is 16.0. The van der Waals surface area contributed by atoms with E-state index in [4.69, 9.17) is 4.74 Å². The van der Waals surface area contributed by atoms with Gasteiger partial charge in [0.05, 0.1) is 6.42 Å². The van der Waals surface area contributed by atoms with E-state index in [1.165, 1.54) is 4.90 Å². The van der Waals surface area contributed by atoms with Gasteiger partial charge in [-0.1, -0.05) is 19.1 Å². The first-order valence-electron chi connectivity index (χ1n) is 8.35. The summed E-state index contributed by atoms with van der Waals surface area (Å²) in [5, 5.41) is 0. The lowest BCUT2D eigenvalue weighted by atomic mass is 9.74. The molecule has 5 nitrogen and oxygen atoms in total. The molecular weight excluding hydrogens is 294 g/mol. The highest BCUT2D eigenvalue weighted by Crippen LogP contribution is 2.41. The van der Waals surface area contributed by atoms with Crippen molar-refractivity contribution < 1.29 is 19.1 Å². The molecule has 0 spiro atoms. The molecule has 1 aliphatic carbocycles. The minimum absolute atomic E-state index is 0.0471. The lowest BCUT2D eigenvalue weighted by molar-refractivity contribution is -0.143. The van der Waals surface area contributed by atoms with Gasteiger partial charge in [0.15, 0.2) is 0 Å². The molecule has 23 heavy (non-hydrogen) atoms. The average Bonchev–Trinajstić information content (AvgIpc) is 3.01. The molecule has 0 aromatic carbocycles. The van der Waals surface area contributed by atoms with Crippen LogP contribution in [0, 0.1) is 17.8 Å². The number of esters is 1. The largest absolute Gasteiger partial charge is 0.461 e. The molecule has 2 amide bonds. The van der Waals surface area contributed by atoms with Gasteiger partial charge in [0.1, 0.15) is 6.10 Å². The fraction of sp³-hybridized carbons (Fsp3) is 0.611. The lowest BCUT2D eigenvalue weighted by Crippen LogP contribution is -2.37. The summed E-state index contributed by atoms with van der Waals surface area (Å²) in [7, 11) is 0. The Morgan fingerprint density at radius 3 is 2.30 bits per heavy atom. The van der Waals surface area contributed by atoms with Crippen molar-refractivity contribution in [3.63, 3.8) is 0 Å². The van der Waals surface area contributed by atoms with E-state index in [0.717, 1.165) is 6.42 Å². The van der Waals surface area contributed by atoms with Crippen LogP contribution in [-0.4, -0.2) is 35.3 Å². The second-order valence-corrected chi connectivity index (χ2v) is 6.74. The normalized spacial score (nSPS) is 33.5. The minimum atomic E-state index is -0.186. The predicted octanol–water partition coefficient (Wildman–Crippen LogP) is 2.23. The van der Waals surface area contributed by atoms with Crippen LogP contribution in [0.5, 0.6) is 0 Å². The molecule has 0 unspecified atom stereocenters. The molecule has 1 fully saturated rings. The maximum absolute atomic E-state index is 12.1. The van der Waals surface area contributed by atoms with Crippen molar-refractivity contribution in [3.8, 4) is 0 Å². The monoisotopic (exact) mass is 317 g/mol. The van der Waals surface area contributed by atoms with Crippen LogP contribution in [0.25, 0.3) is 0 Å². The third kappa shape index (κ3) is 2.62. The maximum Gasteiger partial charge on any atom is 0.306 e. The van der Waals surface area contributed by atoms with Crippen molar-refractivity contribution >= 4 is 17.8 Å². The number of fused-ring (bicyclic) bond motifs is 1. The first-order valence-corrected chi connectivity index (χ1v) is 8.35. The molecular formula is C18H23NO4. The summed E-state index contributed by atoms with van der Waals surface area (Å²) in [5.41, 5.74) is 1.08. The van der Waals surface area contributed by atoms with Gasteiger partial charge in [-0.25, -0.2) is 0 Å². The fourth-order valence-corrected chi connectivity index (χ4v) is 3.91. The van der Waals surface area contributed by atoms with E-state index in [2.05, 4.69) is 19.1 Å². The van der Waals surface area contributed by atoms with Crippen molar-refractivity contribution in [2.75, 3.05) is 6.54 Å². The Morgan fingerprint density at radius 1 is 1.09 bits per heavy atom. The zero-order chi connectivity index (χ0) is 16.7. The molecule has 0 N–H and O–H groups in total. The molecule has 2 heterocycles. The molecule has 124 valence electrons. The average molecular weight is 317 g/mol. The highest BCUT2D eigenvalue weighted by molar-refractivity contribution is 6.18. The molecule has 4 atom stereocenters. The highest BCUT2D eigenvalue weighted by atomic mass is 16.6. The van der Waals surface area contributed by atoms with Crippen LogP contribution < -0.4 is 0 Å². The third-order valence-corrected chi connectivity index (χ3v) is 5.52. The van der Waals surface area contributed by atoms with E-state index in [1.54, 1.807) is 13.8 Å². The van der Waals surface area contributed by atoms with E-state index < -0.39 is 0 Å². The Bertz CT molecular complexity index is 595. The number of carbonyl (C=O) groups is 3. The van der Waals surface area contributed by atoms with Gasteiger partial charge in [0.25, 0.3) is 11.8 Å². The summed E-state index contributed by atoms with van der Waals surface area (Å²) in [4.78, 5) is 37.3. The molecule has 3 rings (SSSR count). The summed E-state index contributed by atoms with van der Waals surface area (Å²) >= 11 is 0. The smallest absolute Gasteiger partial charge is 0.306 e. The predicted molar refractivity (Wildman–Crippen MR) is 84.1 cm³/mol. The van der Waals surface area contributed by atoms with Gasteiger partial charge in [-0.15, -0.1) is 0 Å². The quantitative estimate of drug-likeness (QED) is 0.453. The topological polar surface area (TPSA) is 63.7 Å². The Hall–Kier alpha value is -1.91. The van der Waals surface area contributed by atoms with Gasteiger partial charge in [0, 0.05) is 29.5 Å². The van der Waals surface area contributed by atoms with E-state index in [0.29, 0.717) is 30.5 Å². The van der Waals surface area contributed by atoms with Crippen molar-refractivity contribution in [1.29, 1.82) is 0 Å². The molecule has 0 aromatic heterocycles. The highest BCUT2D eigenvalue weighted by Gasteiger charge is 2.44.